The highest BCUT2D eigenvalue weighted by molar-refractivity contribution is 9.11. The van der Waals surface area contributed by atoms with Crippen LogP contribution in [0.25, 0.3) is 0 Å². The lowest BCUT2D eigenvalue weighted by molar-refractivity contribution is -0.144. The number of carboxylic acid groups (broad SMARTS) is 1. The normalized spacial score (nSPS) is 13.4. The Bertz CT molecular complexity index is 172. The molecule has 0 aliphatic carbocycles. The predicted octanol–water partition coefficient (Wildman–Crippen LogP) is 1.91. The first-order chi connectivity index (χ1) is 4.39. The van der Waals surface area contributed by atoms with Crippen LogP contribution in [-0.2, 0) is 4.79 Å². The molecule has 0 unspecified atom stereocenters. The highest BCUT2D eigenvalue weighted by atomic mass is 79.9. The molecule has 0 aromatic carbocycles. The van der Waals surface area contributed by atoms with Crippen LogP contribution in [0, 0.1) is 0 Å². The second kappa shape index (κ2) is 3.05. The second-order valence-corrected chi connectivity index (χ2v) is 1.78. The lowest BCUT2D eigenvalue weighted by Crippen LogP contribution is -2.18. The van der Waals surface area contributed by atoms with Gasteiger partial charge in [0.25, 0.3) is 0 Å². The summed E-state index contributed by atoms with van der Waals surface area (Å²) in [4.78, 5) is 10.1. The Morgan fingerprint density at radius 2 is 1.90 bits per heavy atom. The molecule has 0 atom stereocenters. The van der Waals surface area contributed by atoms with Crippen LogP contribution >= 0.6 is 15.9 Å². The minimum absolute atomic E-state index is 0.329. The molecular formula is C4H2BrF3O2. The molecule has 0 spiro atoms. The van der Waals surface area contributed by atoms with Gasteiger partial charge in [0.2, 0.25) is 0 Å². The number of rotatable bonds is 1. The van der Waals surface area contributed by atoms with E-state index in [0.29, 0.717) is 4.99 Å². The lowest BCUT2D eigenvalue weighted by atomic mass is 10.3. The highest BCUT2D eigenvalue weighted by Crippen LogP contribution is 2.26. The van der Waals surface area contributed by atoms with Gasteiger partial charge in [0.1, 0.15) is 5.57 Å². The third-order valence-electron chi connectivity index (χ3n) is 0.645. The van der Waals surface area contributed by atoms with Gasteiger partial charge in [-0.2, -0.15) is 13.2 Å². The molecule has 6 heteroatoms. The molecule has 2 nitrogen and oxygen atoms in total. The Balaban J connectivity index is 4.56. The lowest BCUT2D eigenvalue weighted by Gasteiger charge is -2.03. The summed E-state index contributed by atoms with van der Waals surface area (Å²) in [7, 11) is 0. The van der Waals surface area contributed by atoms with E-state index in [-0.39, 0.29) is 0 Å². The average Bonchev–Trinajstić information content (AvgIpc) is 1.60. The Labute approximate surface area is 62.5 Å². The number of carboxylic acids is 1. The summed E-state index contributed by atoms with van der Waals surface area (Å²) in [5, 5.41) is 7.89. The molecule has 0 saturated heterocycles. The van der Waals surface area contributed by atoms with Crippen LogP contribution in [-0.4, -0.2) is 17.3 Å². The van der Waals surface area contributed by atoms with Crippen LogP contribution in [0.5, 0.6) is 0 Å². The Morgan fingerprint density at radius 3 is 1.90 bits per heavy atom. The van der Waals surface area contributed by atoms with E-state index in [9.17, 15) is 18.0 Å². The van der Waals surface area contributed by atoms with Gasteiger partial charge in [0, 0.05) is 4.99 Å². The monoisotopic (exact) mass is 218 g/mol. The minimum Gasteiger partial charge on any atom is -0.478 e. The molecule has 0 rings (SSSR count). The van der Waals surface area contributed by atoms with Gasteiger partial charge >= 0.3 is 12.1 Å². The summed E-state index contributed by atoms with van der Waals surface area (Å²) in [6.45, 7) is 0. The molecule has 0 aromatic heterocycles. The minimum atomic E-state index is -4.80. The van der Waals surface area contributed by atoms with Crippen molar-refractivity contribution in [2.24, 2.45) is 0 Å². The van der Waals surface area contributed by atoms with Crippen molar-refractivity contribution in [2.75, 3.05) is 0 Å². The average molecular weight is 219 g/mol. The van der Waals surface area contributed by atoms with Crippen molar-refractivity contribution in [1.82, 2.24) is 0 Å². The van der Waals surface area contributed by atoms with Crippen molar-refractivity contribution < 1.29 is 23.1 Å². The number of alkyl halides is 3. The van der Waals surface area contributed by atoms with Gasteiger partial charge in [-0.25, -0.2) is 4.79 Å². The first kappa shape index (κ1) is 9.48. The first-order valence-electron chi connectivity index (χ1n) is 2.00. The quantitative estimate of drug-likeness (QED) is 0.684. The second-order valence-electron chi connectivity index (χ2n) is 1.33. The van der Waals surface area contributed by atoms with E-state index in [0.717, 1.165) is 0 Å². The number of hydrogen-bond donors (Lipinski definition) is 1. The van der Waals surface area contributed by atoms with E-state index < -0.39 is 17.7 Å². The van der Waals surface area contributed by atoms with Gasteiger partial charge in [0.05, 0.1) is 0 Å². The molecule has 0 aliphatic heterocycles. The van der Waals surface area contributed by atoms with Crippen molar-refractivity contribution in [3.05, 3.63) is 10.6 Å². The zero-order valence-corrected chi connectivity index (χ0v) is 6.03. The topological polar surface area (TPSA) is 37.3 Å². The molecule has 0 fully saturated rings. The fraction of sp³-hybridized carbons (Fsp3) is 0.250. The van der Waals surface area contributed by atoms with Gasteiger partial charge in [-0.3, -0.25) is 0 Å². The summed E-state index contributed by atoms with van der Waals surface area (Å²) in [6, 6.07) is 0. The maximum atomic E-state index is 11.5. The summed E-state index contributed by atoms with van der Waals surface area (Å²) in [6.07, 6.45) is -4.80. The third-order valence-corrected chi connectivity index (χ3v) is 1.10. The first-order valence-corrected chi connectivity index (χ1v) is 2.92. The molecule has 0 amide bonds. The van der Waals surface area contributed by atoms with Crippen molar-refractivity contribution in [3.8, 4) is 0 Å². The third kappa shape index (κ3) is 2.38. The van der Waals surface area contributed by atoms with Crippen LogP contribution in [0.1, 0.15) is 0 Å². The van der Waals surface area contributed by atoms with Crippen LogP contribution in [0.2, 0.25) is 0 Å². The fourth-order valence-electron chi connectivity index (χ4n) is 0.230. The molecular weight excluding hydrogens is 217 g/mol. The summed E-state index contributed by atoms with van der Waals surface area (Å²) >= 11 is 2.29. The van der Waals surface area contributed by atoms with E-state index in [2.05, 4.69) is 15.9 Å². The zero-order valence-electron chi connectivity index (χ0n) is 4.44. The molecule has 0 aromatic rings. The summed E-state index contributed by atoms with van der Waals surface area (Å²) in [5.74, 6) is -2.00. The Morgan fingerprint density at radius 1 is 1.50 bits per heavy atom. The van der Waals surface area contributed by atoms with Crippen LogP contribution in [0.3, 0.4) is 0 Å². The van der Waals surface area contributed by atoms with Crippen molar-refractivity contribution in [1.29, 1.82) is 0 Å². The molecule has 0 bridgehead atoms. The largest absolute Gasteiger partial charge is 0.478 e. The fourth-order valence-corrected chi connectivity index (χ4v) is 0.685. The molecule has 0 aliphatic rings. The zero-order chi connectivity index (χ0) is 8.36. The van der Waals surface area contributed by atoms with Crippen LogP contribution < -0.4 is 0 Å². The van der Waals surface area contributed by atoms with Crippen LogP contribution in [0.4, 0.5) is 13.2 Å². The summed E-state index contributed by atoms with van der Waals surface area (Å²) in [5.41, 5.74) is -1.62. The van der Waals surface area contributed by atoms with Gasteiger partial charge in [-0.1, -0.05) is 15.9 Å². The van der Waals surface area contributed by atoms with E-state index in [1.165, 1.54) is 0 Å². The number of halogens is 4. The summed E-state index contributed by atoms with van der Waals surface area (Å²) < 4.78 is 34.5. The van der Waals surface area contributed by atoms with Crippen molar-refractivity contribution >= 4 is 21.9 Å². The SMILES string of the molecule is O=C(O)C(=CBr)C(F)(F)F. The molecule has 0 radical (unpaired) electrons. The Kier molecular flexibility index (Phi) is 2.89. The van der Waals surface area contributed by atoms with Gasteiger partial charge in [-0.15, -0.1) is 0 Å². The smallest absolute Gasteiger partial charge is 0.423 e. The Hall–Kier alpha value is -0.520. The number of aliphatic carboxylic acids is 1. The molecule has 0 heterocycles. The van der Waals surface area contributed by atoms with Crippen molar-refractivity contribution in [3.63, 3.8) is 0 Å². The van der Waals surface area contributed by atoms with E-state index in [1.807, 2.05) is 0 Å². The van der Waals surface area contributed by atoms with Crippen molar-refractivity contribution in [2.45, 2.75) is 6.18 Å². The number of hydrogen-bond acceptors (Lipinski definition) is 1. The van der Waals surface area contributed by atoms with E-state index >= 15 is 0 Å². The molecule has 58 valence electrons. The van der Waals surface area contributed by atoms with E-state index in [4.69, 9.17) is 5.11 Å². The maximum Gasteiger partial charge on any atom is 0.423 e. The molecule has 0 saturated carbocycles. The van der Waals surface area contributed by atoms with Crippen LogP contribution in [0.15, 0.2) is 10.6 Å². The standard InChI is InChI=1S/C4H2BrF3O2/c5-1-2(3(9)10)4(6,7)8/h1H,(H,9,10). The van der Waals surface area contributed by atoms with Gasteiger partial charge < -0.3 is 5.11 Å². The predicted molar refractivity (Wildman–Crippen MR) is 30.7 cm³/mol. The highest BCUT2D eigenvalue weighted by Gasteiger charge is 2.38. The molecule has 10 heavy (non-hydrogen) atoms. The van der Waals surface area contributed by atoms with Gasteiger partial charge in [-0.05, 0) is 0 Å². The maximum absolute atomic E-state index is 11.5. The molecule has 1 N–H and O–H groups in total. The van der Waals surface area contributed by atoms with E-state index in [1.54, 1.807) is 0 Å². The van der Waals surface area contributed by atoms with Gasteiger partial charge in [0.15, 0.2) is 0 Å². The number of carbonyl (C=O) groups is 1.